The second kappa shape index (κ2) is 5.64. The first-order valence-corrected chi connectivity index (χ1v) is 9.96. The molecule has 7 heteroatoms. The van der Waals surface area contributed by atoms with Crippen molar-refractivity contribution in [2.24, 2.45) is 5.73 Å². The summed E-state index contributed by atoms with van der Waals surface area (Å²) in [6.07, 6.45) is 1.98. The summed E-state index contributed by atoms with van der Waals surface area (Å²) in [5.74, 6) is -0.217. The van der Waals surface area contributed by atoms with Crippen molar-refractivity contribution in [2.45, 2.75) is 18.2 Å². The van der Waals surface area contributed by atoms with E-state index < -0.39 is 9.84 Å². The number of nitrogens with zero attached hydrogens (tertiary/aromatic N) is 1. The van der Waals surface area contributed by atoms with Gasteiger partial charge in [-0.25, -0.2) is 8.42 Å². The standard InChI is InChI=1S/C15H18N2O3S2/c1-22(19,20)9-12-11-4-2-3-5-13(11)21-14(12)15(18)17-7-6-10(16)8-17/h2-5,10H,6-9,16H2,1H3. The van der Waals surface area contributed by atoms with Crippen LogP contribution in [0.25, 0.3) is 10.1 Å². The molecule has 2 aromatic rings. The maximum Gasteiger partial charge on any atom is 0.264 e. The highest BCUT2D eigenvalue weighted by molar-refractivity contribution is 7.89. The average Bonchev–Trinajstić information content (AvgIpc) is 3.01. The molecule has 0 spiro atoms. The van der Waals surface area contributed by atoms with Crippen LogP contribution in [0.1, 0.15) is 21.7 Å². The van der Waals surface area contributed by atoms with E-state index in [0.717, 1.165) is 16.5 Å². The molecule has 0 radical (unpaired) electrons. The lowest BCUT2D eigenvalue weighted by molar-refractivity contribution is 0.0795. The van der Waals surface area contributed by atoms with E-state index in [2.05, 4.69) is 0 Å². The lowest BCUT2D eigenvalue weighted by Gasteiger charge is -2.15. The van der Waals surface area contributed by atoms with Crippen LogP contribution in [-0.4, -0.2) is 44.6 Å². The highest BCUT2D eigenvalue weighted by Crippen LogP contribution is 2.34. The predicted molar refractivity (Wildman–Crippen MR) is 88.9 cm³/mol. The quantitative estimate of drug-likeness (QED) is 0.922. The van der Waals surface area contributed by atoms with Crippen molar-refractivity contribution in [1.29, 1.82) is 0 Å². The summed E-state index contributed by atoms with van der Waals surface area (Å²) in [6, 6.07) is 7.55. The molecule has 0 bridgehead atoms. The molecule has 0 saturated carbocycles. The number of sulfone groups is 1. The summed E-state index contributed by atoms with van der Waals surface area (Å²) in [5, 5.41) is 0.852. The molecule has 1 aromatic heterocycles. The first-order valence-electron chi connectivity index (χ1n) is 7.08. The summed E-state index contributed by atoms with van der Waals surface area (Å²) in [7, 11) is -3.22. The van der Waals surface area contributed by atoms with Crippen molar-refractivity contribution in [3.05, 3.63) is 34.7 Å². The molecule has 1 aliphatic heterocycles. The third kappa shape index (κ3) is 3.02. The number of carbonyl (C=O) groups is 1. The van der Waals surface area contributed by atoms with Gasteiger partial charge in [-0.15, -0.1) is 11.3 Å². The molecule has 1 fully saturated rings. The Labute approximate surface area is 133 Å². The van der Waals surface area contributed by atoms with Crippen LogP contribution in [0.4, 0.5) is 0 Å². The summed E-state index contributed by atoms with van der Waals surface area (Å²) in [6.45, 7) is 1.16. The number of carbonyl (C=O) groups excluding carboxylic acids is 1. The van der Waals surface area contributed by atoms with Gasteiger partial charge >= 0.3 is 0 Å². The molecule has 1 unspecified atom stereocenters. The highest BCUT2D eigenvalue weighted by Gasteiger charge is 2.29. The second-order valence-corrected chi connectivity index (χ2v) is 8.97. The SMILES string of the molecule is CS(=O)(=O)Cc1c(C(=O)N2CCC(N)C2)sc2ccccc12. The Morgan fingerprint density at radius 3 is 2.77 bits per heavy atom. The summed E-state index contributed by atoms with van der Waals surface area (Å²) in [4.78, 5) is 15.0. The van der Waals surface area contributed by atoms with Gasteiger partial charge in [-0.1, -0.05) is 18.2 Å². The number of benzene rings is 1. The van der Waals surface area contributed by atoms with Crippen LogP contribution in [0, 0.1) is 0 Å². The summed E-state index contributed by atoms with van der Waals surface area (Å²) < 4.78 is 24.4. The van der Waals surface area contributed by atoms with Crippen LogP contribution in [0.2, 0.25) is 0 Å². The van der Waals surface area contributed by atoms with Crippen LogP contribution in [0.15, 0.2) is 24.3 Å². The maximum atomic E-state index is 12.8. The van der Waals surface area contributed by atoms with Gasteiger partial charge in [-0.05, 0) is 23.4 Å². The molecular formula is C15H18N2O3S2. The van der Waals surface area contributed by atoms with E-state index in [4.69, 9.17) is 5.73 Å². The van der Waals surface area contributed by atoms with Crippen LogP contribution >= 0.6 is 11.3 Å². The van der Waals surface area contributed by atoms with Gasteiger partial charge in [0.1, 0.15) is 0 Å². The molecule has 3 rings (SSSR count). The Kier molecular flexibility index (Phi) is 3.96. The number of rotatable bonds is 3. The fourth-order valence-electron chi connectivity index (χ4n) is 2.79. The van der Waals surface area contributed by atoms with Crippen molar-refractivity contribution < 1.29 is 13.2 Å². The van der Waals surface area contributed by atoms with Crippen molar-refractivity contribution in [1.82, 2.24) is 4.90 Å². The molecule has 1 amide bonds. The molecule has 1 aromatic carbocycles. The molecule has 1 saturated heterocycles. The number of amides is 1. The van der Waals surface area contributed by atoms with Gasteiger partial charge < -0.3 is 10.6 Å². The zero-order chi connectivity index (χ0) is 15.9. The predicted octanol–water partition coefficient (Wildman–Crippen LogP) is 1.62. The van der Waals surface area contributed by atoms with Crippen LogP contribution in [0.3, 0.4) is 0 Å². The number of nitrogens with two attached hydrogens (primary N) is 1. The molecule has 5 nitrogen and oxygen atoms in total. The molecular weight excluding hydrogens is 320 g/mol. The van der Waals surface area contributed by atoms with Gasteiger partial charge in [-0.3, -0.25) is 4.79 Å². The second-order valence-electron chi connectivity index (χ2n) is 5.78. The fraction of sp³-hybridized carbons (Fsp3) is 0.400. The Bertz CT molecular complexity index is 826. The van der Waals surface area contributed by atoms with Crippen molar-refractivity contribution in [3.63, 3.8) is 0 Å². The zero-order valence-corrected chi connectivity index (χ0v) is 13.9. The lowest BCUT2D eigenvalue weighted by atomic mass is 10.1. The third-order valence-corrected chi connectivity index (χ3v) is 5.83. The average molecular weight is 338 g/mol. The molecule has 2 heterocycles. The molecule has 0 aliphatic carbocycles. The first-order chi connectivity index (χ1) is 10.3. The normalized spacial score (nSPS) is 19.0. The Morgan fingerprint density at radius 1 is 1.41 bits per heavy atom. The van der Waals surface area contributed by atoms with Gasteiger partial charge in [0.2, 0.25) is 0 Å². The maximum absolute atomic E-state index is 12.8. The fourth-order valence-corrected chi connectivity index (χ4v) is 4.90. The largest absolute Gasteiger partial charge is 0.336 e. The van der Waals surface area contributed by atoms with E-state index in [1.165, 1.54) is 17.6 Å². The van der Waals surface area contributed by atoms with Gasteiger partial charge in [0, 0.05) is 30.1 Å². The van der Waals surface area contributed by atoms with Gasteiger partial charge in [-0.2, -0.15) is 0 Å². The molecule has 118 valence electrons. The number of thiophene rings is 1. The Morgan fingerprint density at radius 2 is 2.14 bits per heavy atom. The lowest BCUT2D eigenvalue weighted by Crippen LogP contribution is -2.32. The summed E-state index contributed by atoms with van der Waals surface area (Å²) >= 11 is 1.36. The Balaban J connectivity index is 2.08. The van der Waals surface area contributed by atoms with E-state index >= 15 is 0 Å². The molecule has 1 atom stereocenters. The molecule has 22 heavy (non-hydrogen) atoms. The van der Waals surface area contributed by atoms with E-state index in [1.807, 2.05) is 24.3 Å². The van der Waals surface area contributed by atoms with Crippen LogP contribution in [-0.2, 0) is 15.6 Å². The molecule has 2 N–H and O–H groups in total. The van der Waals surface area contributed by atoms with Gasteiger partial charge in [0.15, 0.2) is 9.84 Å². The third-order valence-electron chi connectivity index (χ3n) is 3.81. The van der Waals surface area contributed by atoms with Gasteiger partial charge in [0.05, 0.1) is 10.6 Å². The Hall–Kier alpha value is -1.44. The number of hydrogen-bond acceptors (Lipinski definition) is 5. The van der Waals surface area contributed by atoms with E-state index in [0.29, 0.717) is 23.5 Å². The number of hydrogen-bond donors (Lipinski definition) is 1. The van der Waals surface area contributed by atoms with E-state index in [1.54, 1.807) is 4.90 Å². The van der Waals surface area contributed by atoms with E-state index in [-0.39, 0.29) is 17.7 Å². The molecule has 1 aliphatic rings. The smallest absolute Gasteiger partial charge is 0.264 e. The van der Waals surface area contributed by atoms with Gasteiger partial charge in [0.25, 0.3) is 5.91 Å². The monoisotopic (exact) mass is 338 g/mol. The zero-order valence-electron chi connectivity index (χ0n) is 12.3. The van der Waals surface area contributed by atoms with Crippen molar-refractivity contribution in [2.75, 3.05) is 19.3 Å². The van der Waals surface area contributed by atoms with E-state index in [9.17, 15) is 13.2 Å². The number of likely N-dealkylation sites (tertiary alicyclic amines) is 1. The minimum Gasteiger partial charge on any atom is -0.336 e. The van der Waals surface area contributed by atoms with Crippen molar-refractivity contribution >= 4 is 37.2 Å². The minimum atomic E-state index is -3.22. The van der Waals surface area contributed by atoms with Crippen LogP contribution < -0.4 is 5.73 Å². The highest BCUT2D eigenvalue weighted by atomic mass is 32.2. The topological polar surface area (TPSA) is 80.5 Å². The number of fused-ring (bicyclic) bond motifs is 1. The van der Waals surface area contributed by atoms with Crippen molar-refractivity contribution in [3.8, 4) is 0 Å². The minimum absolute atomic E-state index is 0.0108. The van der Waals surface area contributed by atoms with Crippen LogP contribution in [0.5, 0.6) is 0 Å². The first kappa shape index (κ1) is 15.5. The summed E-state index contributed by atoms with van der Waals surface area (Å²) in [5.41, 5.74) is 6.49.